The van der Waals surface area contributed by atoms with E-state index < -0.39 is 22.4 Å². The highest BCUT2D eigenvalue weighted by molar-refractivity contribution is 7.89. The molecule has 1 aliphatic rings. The highest BCUT2D eigenvalue weighted by Gasteiger charge is 2.26. The van der Waals surface area contributed by atoms with Gasteiger partial charge in [-0.15, -0.1) is 0 Å². The Morgan fingerprint density at radius 2 is 1.81 bits per heavy atom. The van der Waals surface area contributed by atoms with Gasteiger partial charge >= 0.3 is 5.97 Å². The largest absolute Gasteiger partial charge is 0.481 e. The molecule has 1 fully saturated rings. The fraction of sp³-hybridized carbons (Fsp3) is 0.750. The van der Waals surface area contributed by atoms with Crippen molar-refractivity contribution in [3.05, 3.63) is 0 Å². The molecule has 92 valence electrons. The molecule has 0 atom stereocenters. The van der Waals surface area contributed by atoms with E-state index in [1.807, 2.05) is 0 Å². The number of hydrogen-bond acceptors (Lipinski definition) is 4. The molecule has 0 aromatic heterocycles. The number of carboxylic acid groups (broad SMARTS) is 1. The molecule has 1 heterocycles. The van der Waals surface area contributed by atoms with Gasteiger partial charge in [0.2, 0.25) is 16.4 Å². The first kappa shape index (κ1) is 12.9. The van der Waals surface area contributed by atoms with E-state index in [1.165, 1.54) is 9.21 Å². The Hall–Kier alpha value is -1.15. The molecule has 8 heteroatoms. The van der Waals surface area contributed by atoms with Crippen molar-refractivity contribution in [3.63, 3.8) is 0 Å². The van der Waals surface area contributed by atoms with Crippen LogP contribution in [0.5, 0.6) is 0 Å². The van der Waals surface area contributed by atoms with Crippen molar-refractivity contribution in [2.45, 2.75) is 6.42 Å². The zero-order chi connectivity index (χ0) is 12.2. The van der Waals surface area contributed by atoms with E-state index in [4.69, 9.17) is 5.11 Å². The molecule has 1 amide bonds. The summed E-state index contributed by atoms with van der Waals surface area (Å²) < 4.78 is 24.5. The predicted octanol–water partition coefficient (Wildman–Crippen LogP) is -1.44. The topological polar surface area (TPSA) is 95.0 Å². The third kappa shape index (κ3) is 3.46. The molecule has 0 radical (unpaired) electrons. The van der Waals surface area contributed by atoms with Gasteiger partial charge in [-0.3, -0.25) is 9.59 Å². The van der Waals surface area contributed by atoms with Crippen LogP contribution in [-0.4, -0.2) is 67.0 Å². The quantitative estimate of drug-likeness (QED) is 0.603. The van der Waals surface area contributed by atoms with Crippen molar-refractivity contribution in [1.29, 1.82) is 0 Å². The van der Waals surface area contributed by atoms with E-state index >= 15 is 0 Å². The highest BCUT2D eigenvalue weighted by atomic mass is 32.2. The fourth-order valence-corrected chi connectivity index (χ4v) is 2.84. The van der Waals surface area contributed by atoms with Crippen molar-refractivity contribution in [3.8, 4) is 0 Å². The summed E-state index contributed by atoms with van der Waals surface area (Å²) in [4.78, 5) is 22.2. The van der Waals surface area contributed by atoms with Crippen LogP contribution in [-0.2, 0) is 19.6 Å². The van der Waals surface area contributed by atoms with Crippen molar-refractivity contribution in [1.82, 2.24) is 9.21 Å². The van der Waals surface area contributed by atoms with Crippen molar-refractivity contribution in [2.24, 2.45) is 0 Å². The minimum Gasteiger partial charge on any atom is -0.481 e. The molecule has 7 nitrogen and oxygen atoms in total. The van der Waals surface area contributed by atoms with Gasteiger partial charge in [-0.1, -0.05) is 0 Å². The minimum atomic E-state index is -3.50. The van der Waals surface area contributed by atoms with Gasteiger partial charge in [-0.05, 0) is 0 Å². The van der Waals surface area contributed by atoms with Gasteiger partial charge in [0.05, 0.1) is 12.2 Å². The van der Waals surface area contributed by atoms with Gasteiger partial charge < -0.3 is 10.0 Å². The Labute approximate surface area is 93.7 Å². The van der Waals surface area contributed by atoms with Crippen LogP contribution in [0.15, 0.2) is 0 Å². The molecule has 0 aliphatic carbocycles. The second-order valence-corrected chi connectivity index (χ2v) is 5.59. The molecule has 0 saturated carbocycles. The molecule has 1 rings (SSSR count). The smallest absolute Gasteiger partial charge is 0.304 e. The lowest BCUT2D eigenvalue weighted by molar-refractivity contribution is -0.136. The van der Waals surface area contributed by atoms with E-state index in [-0.39, 0.29) is 18.8 Å². The lowest BCUT2D eigenvalue weighted by Gasteiger charge is -2.31. The summed E-state index contributed by atoms with van der Waals surface area (Å²) in [5.41, 5.74) is 0. The third-order valence-corrected chi connectivity index (χ3v) is 4.26. The molecule has 0 spiro atoms. The normalized spacial score (nSPS) is 18.4. The number of aliphatic carboxylic acids is 1. The van der Waals surface area contributed by atoms with Crippen molar-refractivity contribution < 1.29 is 23.1 Å². The molecule has 1 aliphatic heterocycles. The van der Waals surface area contributed by atoms with Crippen LogP contribution in [0.2, 0.25) is 0 Å². The number of amides is 1. The number of carbonyl (C=O) groups is 2. The summed E-state index contributed by atoms with van der Waals surface area (Å²) in [6, 6.07) is 0. The Kier molecular flexibility index (Phi) is 4.25. The average molecular weight is 250 g/mol. The number of nitrogens with zero attached hydrogens (tertiary/aromatic N) is 2. The van der Waals surface area contributed by atoms with E-state index in [2.05, 4.69) is 0 Å². The Morgan fingerprint density at radius 3 is 2.25 bits per heavy atom. The van der Waals surface area contributed by atoms with Crippen LogP contribution in [0.4, 0.5) is 0 Å². The number of sulfonamides is 1. The summed E-state index contributed by atoms with van der Waals surface area (Å²) in [6.07, 6.45) is 0.289. The van der Waals surface area contributed by atoms with Gasteiger partial charge in [0.25, 0.3) is 0 Å². The summed E-state index contributed by atoms with van der Waals surface area (Å²) in [6.45, 7) is 1.19. The zero-order valence-electron chi connectivity index (χ0n) is 8.70. The molecule has 16 heavy (non-hydrogen) atoms. The third-order valence-electron chi connectivity index (χ3n) is 2.39. The maximum absolute atomic E-state index is 11.6. The maximum atomic E-state index is 11.6. The molecule has 0 unspecified atom stereocenters. The first-order valence-electron chi connectivity index (χ1n) is 4.84. The van der Waals surface area contributed by atoms with Crippen LogP contribution >= 0.6 is 0 Å². The molecule has 1 saturated heterocycles. The predicted molar refractivity (Wildman–Crippen MR) is 55.2 cm³/mol. The number of rotatable bonds is 5. The van der Waals surface area contributed by atoms with Gasteiger partial charge in [-0.2, -0.15) is 4.31 Å². The SMILES string of the molecule is O=CN1CCN(S(=O)(=O)CCC(=O)O)CC1. The Bertz CT molecular complexity index is 359. The average Bonchev–Trinajstić information content (AvgIpc) is 2.27. The zero-order valence-corrected chi connectivity index (χ0v) is 9.52. The monoisotopic (exact) mass is 250 g/mol. The highest BCUT2D eigenvalue weighted by Crippen LogP contribution is 2.07. The van der Waals surface area contributed by atoms with E-state index in [0.717, 1.165) is 0 Å². The first-order valence-corrected chi connectivity index (χ1v) is 6.45. The fourth-order valence-electron chi connectivity index (χ4n) is 1.43. The number of hydrogen-bond donors (Lipinski definition) is 1. The molecule has 0 aromatic carbocycles. The number of carboxylic acids is 1. The molecule has 1 N–H and O–H groups in total. The molecular formula is C8H14N2O5S. The summed E-state index contributed by atoms with van der Waals surface area (Å²) in [5.74, 6) is -1.52. The second kappa shape index (κ2) is 5.26. The summed E-state index contributed by atoms with van der Waals surface area (Å²) >= 11 is 0. The van der Waals surface area contributed by atoms with Crippen molar-refractivity contribution >= 4 is 22.4 Å². The standard InChI is InChI=1S/C8H14N2O5S/c11-7-9-2-4-10(5-3-9)16(14,15)6-1-8(12)13/h7H,1-6H2,(H,12,13). The van der Waals surface area contributed by atoms with Crippen LogP contribution in [0, 0.1) is 0 Å². The van der Waals surface area contributed by atoms with Gasteiger partial charge in [0, 0.05) is 26.2 Å². The maximum Gasteiger partial charge on any atom is 0.304 e. The lowest BCUT2D eigenvalue weighted by Crippen LogP contribution is -2.48. The number of piperazine rings is 1. The van der Waals surface area contributed by atoms with Gasteiger partial charge in [-0.25, -0.2) is 8.42 Å². The van der Waals surface area contributed by atoms with Gasteiger partial charge in [0.1, 0.15) is 0 Å². The van der Waals surface area contributed by atoms with Crippen LogP contribution in [0.3, 0.4) is 0 Å². The van der Waals surface area contributed by atoms with E-state index in [1.54, 1.807) is 0 Å². The molecule has 0 bridgehead atoms. The lowest BCUT2D eigenvalue weighted by atomic mass is 10.4. The molecule has 0 aromatic rings. The minimum absolute atomic E-state index is 0.237. The van der Waals surface area contributed by atoms with E-state index in [9.17, 15) is 18.0 Å². The van der Waals surface area contributed by atoms with Crippen LogP contribution < -0.4 is 0 Å². The van der Waals surface area contributed by atoms with E-state index in [0.29, 0.717) is 19.5 Å². The Balaban J connectivity index is 2.51. The second-order valence-electron chi connectivity index (χ2n) is 3.50. The summed E-state index contributed by atoms with van der Waals surface area (Å²) in [7, 11) is -3.50. The summed E-state index contributed by atoms with van der Waals surface area (Å²) in [5, 5.41) is 8.42. The molecular weight excluding hydrogens is 236 g/mol. The first-order chi connectivity index (χ1) is 7.45. The van der Waals surface area contributed by atoms with Crippen molar-refractivity contribution in [2.75, 3.05) is 31.9 Å². The van der Waals surface area contributed by atoms with Gasteiger partial charge in [0.15, 0.2) is 0 Å². The number of carbonyl (C=O) groups excluding carboxylic acids is 1. The Morgan fingerprint density at radius 1 is 1.25 bits per heavy atom. The van der Waals surface area contributed by atoms with Crippen LogP contribution in [0.1, 0.15) is 6.42 Å². The van der Waals surface area contributed by atoms with Crippen LogP contribution in [0.25, 0.3) is 0 Å².